The van der Waals surface area contributed by atoms with E-state index >= 15 is 0 Å². The van der Waals surface area contributed by atoms with Crippen LogP contribution in [0.2, 0.25) is 0 Å². The minimum atomic E-state index is -0.329. The zero-order valence-electron chi connectivity index (χ0n) is 24.5. The van der Waals surface area contributed by atoms with Gasteiger partial charge in [-0.3, -0.25) is 14.4 Å². The first-order valence-corrected chi connectivity index (χ1v) is 14.8. The summed E-state index contributed by atoms with van der Waals surface area (Å²) in [6.07, 6.45) is 8.48. The summed E-state index contributed by atoms with van der Waals surface area (Å²) in [5, 5.41) is 0. The molecule has 0 spiro atoms. The highest BCUT2D eigenvalue weighted by Gasteiger charge is 2.72. The number of Topliss-reactive ketones (excluding diaryl/α,β-unsaturated/α-hetero) is 2. The summed E-state index contributed by atoms with van der Waals surface area (Å²) in [7, 11) is 0. The molecule has 0 bridgehead atoms. The van der Waals surface area contributed by atoms with Gasteiger partial charge in [0.15, 0.2) is 0 Å². The first-order valence-electron chi connectivity index (χ1n) is 14.8. The quantitative estimate of drug-likeness (QED) is 0.356. The lowest BCUT2D eigenvalue weighted by atomic mass is 9.37. The van der Waals surface area contributed by atoms with E-state index in [1.165, 1.54) is 26.2 Å². The Morgan fingerprint density at radius 1 is 0.917 bits per heavy atom. The first-order chi connectivity index (χ1) is 16.6. The van der Waals surface area contributed by atoms with Gasteiger partial charge in [0.1, 0.15) is 17.7 Å². The van der Waals surface area contributed by atoms with Crippen molar-refractivity contribution in [3.63, 3.8) is 0 Å². The van der Waals surface area contributed by atoms with Gasteiger partial charge in [-0.15, -0.1) is 0 Å². The van der Waals surface area contributed by atoms with Crippen molar-refractivity contribution in [3.05, 3.63) is 0 Å². The molecule has 0 N–H and O–H groups in total. The Morgan fingerprint density at radius 3 is 2.19 bits per heavy atom. The van der Waals surface area contributed by atoms with Crippen molar-refractivity contribution in [2.24, 2.45) is 57.2 Å². The minimum absolute atomic E-state index is 0.0564. The summed E-state index contributed by atoms with van der Waals surface area (Å²) >= 11 is 0. The number of ketones is 2. The number of carbonyl (C=O) groups excluding carboxylic acids is 3. The molecule has 4 rings (SSSR count). The van der Waals surface area contributed by atoms with Crippen molar-refractivity contribution >= 4 is 17.5 Å². The van der Waals surface area contributed by atoms with Crippen LogP contribution in [0.4, 0.5) is 0 Å². The van der Waals surface area contributed by atoms with E-state index in [1.54, 1.807) is 0 Å². The fourth-order valence-corrected chi connectivity index (χ4v) is 10.3. The van der Waals surface area contributed by atoms with Crippen molar-refractivity contribution < 1.29 is 19.1 Å². The lowest BCUT2D eigenvalue weighted by molar-refractivity contribution is -0.206. The average Bonchev–Trinajstić information content (AvgIpc) is 3.02. The summed E-state index contributed by atoms with van der Waals surface area (Å²) in [4.78, 5) is 40.2. The SMILES string of the molecule is CC(=O)O[C@H]1CC[C@]2(C)C3C(=O)C[C@]4(C)[C@@H]([C@H](C)CCCC(C)C)CC[C@@]4(C)C3C(=O)C[C@H]2C1(C)C. The van der Waals surface area contributed by atoms with Gasteiger partial charge in [-0.25, -0.2) is 0 Å². The zero-order valence-corrected chi connectivity index (χ0v) is 24.5. The minimum Gasteiger partial charge on any atom is -0.462 e. The molecule has 4 heteroatoms. The first kappa shape index (κ1) is 27.8. The maximum atomic E-state index is 14.2. The highest BCUT2D eigenvalue weighted by Crippen LogP contribution is 2.73. The van der Waals surface area contributed by atoms with Crippen LogP contribution in [0.15, 0.2) is 0 Å². The van der Waals surface area contributed by atoms with Gasteiger partial charge in [0.05, 0.1) is 0 Å². The van der Waals surface area contributed by atoms with Crippen molar-refractivity contribution in [3.8, 4) is 0 Å². The fraction of sp³-hybridized carbons (Fsp3) is 0.906. The molecule has 2 unspecified atom stereocenters. The van der Waals surface area contributed by atoms with Crippen LogP contribution in [-0.2, 0) is 19.1 Å². The average molecular weight is 501 g/mol. The number of fused-ring (bicyclic) bond motifs is 5. The molecule has 204 valence electrons. The van der Waals surface area contributed by atoms with Crippen LogP contribution in [0, 0.1) is 57.2 Å². The molecule has 0 heterocycles. The van der Waals surface area contributed by atoms with Crippen LogP contribution in [0.5, 0.6) is 0 Å². The van der Waals surface area contributed by atoms with Crippen LogP contribution >= 0.6 is 0 Å². The van der Waals surface area contributed by atoms with Gasteiger partial charge in [0.2, 0.25) is 0 Å². The van der Waals surface area contributed by atoms with Crippen LogP contribution < -0.4 is 0 Å². The molecule has 4 aliphatic carbocycles. The van der Waals surface area contributed by atoms with Crippen molar-refractivity contribution in [1.82, 2.24) is 0 Å². The standard InChI is InChI=1S/C32H52O4/c1-19(2)11-10-12-20(3)22-13-16-31(8)28-23(34)17-25-29(5,6)26(36-21(4)33)14-15-30(25,7)27(28)24(35)18-32(22,31)9/h19-20,22,25-28H,10-18H2,1-9H3/t20-,22-,25+,26+,27?,28?,30+,31+,32-/m1/s1. The summed E-state index contributed by atoms with van der Waals surface area (Å²) < 4.78 is 5.76. The molecular weight excluding hydrogens is 448 g/mol. The molecular formula is C32H52O4. The fourth-order valence-electron chi connectivity index (χ4n) is 10.3. The van der Waals surface area contributed by atoms with Crippen LogP contribution in [0.25, 0.3) is 0 Å². The van der Waals surface area contributed by atoms with Gasteiger partial charge in [0, 0.05) is 37.0 Å². The Balaban J connectivity index is 1.65. The van der Waals surface area contributed by atoms with Crippen molar-refractivity contribution in [2.75, 3.05) is 0 Å². The number of rotatable bonds is 6. The number of hydrogen-bond donors (Lipinski definition) is 0. The van der Waals surface area contributed by atoms with E-state index < -0.39 is 0 Å². The molecule has 9 atom stereocenters. The molecule has 0 aromatic heterocycles. The van der Waals surface area contributed by atoms with E-state index in [0.29, 0.717) is 36.2 Å². The van der Waals surface area contributed by atoms with Gasteiger partial charge < -0.3 is 4.74 Å². The summed E-state index contributed by atoms with van der Waals surface area (Å²) in [5.41, 5.74) is -0.776. The smallest absolute Gasteiger partial charge is 0.302 e. The number of esters is 1. The third-order valence-corrected chi connectivity index (χ3v) is 12.4. The predicted octanol–water partition coefficient (Wildman–Crippen LogP) is 7.42. The highest BCUT2D eigenvalue weighted by atomic mass is 16.5. The monoisotopic (exact) mass is 500 g/mol. The molecule has 36 heavy (non-hydrogen) atoms. The molecule has 0 aromatic carbocycles. The maximum absolute atomic E-state index is 14.2. The number of ether oxygens (including phenoxy) is 1. The van der Waals surface area contributed by atoms with Crippen LogP contribution in [-0.4, -0.2) is 23.6 Å². The summed E-state index contributed by atoms with van der Waals surface area (Å²) in [6.45, 7) is 19.8. The van der Waals surface area contributed by atoms with E-state index in [2.05, 4.69) is 55.4 Å². The van der Waals surface area contributed by atoms with Gasteiger partial charge in [-0.2, -0.15) is 0 Å². The van der Waals surface area contributed by atoms with Crippen molar-refractivity contribution in [2.45, 2.75) is 126 Å². The molecule has 0 radical (unpaired) electrons. The largest absolute Gasteiger partial charge is 0.462 e. The van der Waals surface area contributed by atoms with E-state index in [0.717, 1.165) is 31.6 Å². The van der Waals surface area contributed by atoms with Gasteiger partial charge in [-0.05, 0) is 65.6 Å². The van der Waals surface area contributed by atoms with E-state index in [1.807, 2.05) is 0 Å². The third kappa shape index (κ3) is 4.03. The Kier molecular flexibility index (Phi) is 7.13. The second-order valence-electron chi connectivity index (χ2n) is 15.1. The zero-order chi connectivity index (χ0) is 26.8. The van der Waals surface area contributed by atoms with E-state index in [9.17, 15) is 14.4 Å². The Hall–Kier alpha value is -1.19. The molecule has 4 nitrogen and oxygen atoms in total. The third-order valence-electron chi connectivity index (χ3n) is 12.4. The lowest BCUT2D eigenvalue weighted by Crippen LogP contribution is -2.67. The summed E-state index contributed by atoms with van der Waals surface area (Å²) in [5.74, 6) is 1.89. The van der Waals surface area contributed by atoms with Gasteiger partial charge >= 0.3 is 5.97 Å². The molecule has 4 fully saturated rings. The van der Waals surface area contributed by atoms with E-state index in [4.69, 9.17) is 4.74 Å². The number of hydrogen-bond acceptors (Lipinski definition) is 4. The van der Waals surface area contributed by atoms with Gasteiger partial charge in [0.25, 0.3) is 0 Å². The maximum Gasteiger partial charge on any atom is 0.302 e. The normalized spacial score (nSPS) is 44.6. The molecule has 4 saturated carbocycles. The molecule has 0 amide bonds. The second-order valence-corrected chi connectivity index (χ2v) is 15.1. The highest BCUT2D eigenvalue weighted by molar-refractivity contribution is 5.95. The van der Waals surface area contributed by atoms with Crippen LogP contribution in [0.3, 0.4) is 0 Å². The Bertz CT molecular complexity index is 904. The molecule has 4 aliphatic rings. The number of carbonyl (C=O) groups is 3. The topological polar surface area (TPSA) is 60.4 Å². The molecule has 0 aromatic rings. The molecule has 0 saturated heterocycles. The second kappa shape index (κ2) is 9.23. The Morgan fingerprint density at radius 2 is 1.58 bits per heavy atom. The lowest BCUT2D eigenvalue weighted by Gasteiger charge is -2.65. The van der Waals surface area contributed by atoms with Crippen LogP contribution in [0.1, 0.15) is 120 Å². The Labute approximate surface area is 220 Å². The van der Waals surface area contributed by atoms with E-state index in [-0.39, 0.29) is 51.5 Å². The van der Waals surface area contributed by atoms with Crippen molar-refractivity contribution in [1.29, 1.82) is 0 Å². The summed E-state index contributed by atoms with van der Waals surface area (Å²) in [6, 6.07) is 0. The van der Waals surface area contributed by atoms with Gasteiger partial charge in [-0.1, -0.05) is 74.7 Å². The molecule has 0 aliphatic heterocycles. The predicted molar refractivity (Wildman–Crippen MR) is 143 cm³/mol.